The fourth-order valence-corrected chi connectivity index (χ4v) is 3.89. The molecule has 4 rings (SSSR count). The zero-order chi connectivity index (χ0) is 18.8. The first-order valence-corrected chi connectivity index (χ1v) is 9.81. The molecule has 0 saturated heterocycles. The Balaban J connectivity index is 1.82. The molecule has 0 unspecified atom stereocenters. The van der Waals surface area contributed by atoms with E-state index in [1.54, 1.807) is 0 Å². The van der Waals surface area contributed by atoms with Crippen LogP contribution in [0, 0.1) is 6.92 Å². The maximum Gasteiger partial charge on any atom is 0.195 e. The van der Waals surface area contributed by atoms with Crippen LogP contribution in [-0.4, -0.2) is 10.4 Å². The number of rotatable bonds is 6. The molecule has 0 bridgehead atoms. The largest absolute Gasteiger partial charge is 0.347 e. The van der Waals surface area contributed by atoms with Crippen LogP contribution >= 0.6 is 0 Å². The summed E-state index contributed by atoms with van der Waals surface area (Å²) in [7, 11) is 0. The van der Waals surface area contributed by atoms with Crippen LogP contribution < -0.4 is 0 Å². The molecule has 0 aliphatic rings. The lowest BCUT2D eigenvalue weighted by atomic mass is 9.96. The number of unbranched alkanes of at least 4 members (excludes halogenated alkanes) is 2. The van der Waals surface area contributed by atoms with E-state index in [9.17, 15) is 4.79 Å². The molecule has 27 heavy (non-hydrogen) atoms. The van der Waals surface area contributed by atoms with Gasteiger partial charge >= 0.3 is 0 Å². The van der Waals surface area contributed by atoms with Crippen molar-refractivity contribution >= 4 is 27.5 Å². The molecule has 1 heterocycles. The standard InChI is InChI=1S/C25H25NO/c1-3-4-7-15-26-17-23(21-10-5-6-12-24(21)26)25(27)22-11-8-9-19-16-18(2)13-14-20(19)22/h5-6,8-14,16-17H,3-4,7,15H2,1-2H3. The predicted molar refractivity (Wildman–Crippen MR) is 114 cm³/mol. The summed E-state index contributed by atoms with van der Waals surface area (Å²) < 4.78 is 2.24. The number of aryl methyl sites for hydroxylation is 2. The van der Waals surface area contributed by atoms with Crippen molar-refractivity contribution in [3.8, 4) is 0 Å². The molecular weight excluding hydrogens is 330 g/mol. The quantitative estimate of drug-likeness (QED) is 0.285. The van der Waals surface area contributed by atoms with E-state index < -0.39 is 0 Å². The molecule has 2 nitrogen and oxygen atoms in total. The molecule has 0 saturated carbocycles. The first-order valence-electron chi connectivity index (χ1n) is 9.81. The molecule has 3 aromatic carbocycles. The Kier molecular flexibility index (Phi) is 4.81. The summed E-state index contributed by atoms with van der Waals surface area (Å²) in [6.07, 6.45) is 5.59. The lowest BCUT2D eigenvalue weighted by molar-refractivity contribution is 0.104. The van der Waals surface area contributed by atoms with Crippen molar-refractivity contribution in [2.24, 2.45) is 0 Å². The molecule has 0 radical (unpaired) electrons. The average molecular weight is 355 g/mol. The van der Waals surface area contributed by atoms with Gasteiger partial charge in [-0.05, 0) is 30.2 Å². The third kappa shape index (κ3) is 3.28. The predicted octanol–water partition coefficient (Wildman–Crippen LogP) is 6.52. The molecule has 0 amide bonds. The first kappa shape index (κ1) is 17.5. The van der Waals surface area contributed by atoms with Gasteiger partial charge in [0.2, 0.25) is 0 Å². The van der Waals surface area contributed by atoms with Crippen LogP contribution in [-0.2, 0) is 6.54 Å². The molecule has 0 spiro atoms. The number of benzene rings is 3. The van der Waals surface area contributed by atoms with E-state index in [-0.39, 0.29) is 5.78 Å². The highest BCUT2D eigenvalue weighted by molar-refractivity contribution is 6.21. The Bertz CT molecular complexity index is 1120. The van der Waals surface area contributed by atoms with Crippen molar-refractivity contribution < 1.29 is 4.79 Å². The van der Waals surface area contributed by atoms with Crippen molar-refractivity contribution in [1.82, 2.24) is 4.57 Å². The van der Waals surface area contributed by atoms with Crippen LogP contribution in [0.4, 0.5) is 0 Å². The maximum absolute atomic E-state index is 13.5. The number of ketones is 1. The highest BCUT2D eigenvalue weighted by atomic mass is 16.1. The van der Waals surface area contributed by atoms with Gasteiger partial charge in [0.05, 0.1) is 0 Å². The number of aromatic nitrogens is 1. The second-order valence-corrected chi connectivity index (χ2v) is 7.32. The Morgan fingerprint density at radius 1 is 0.889 bits per heavy atom. The molecule has 4 aromatic rings. The van der Waals surface area contributed by atoms with Crippen LogP contribution in [0.3, 0.4) is 0 Å². The summed E-state index contributed by atoms with van der Waals surface area (Å²) in [4.78, 5) is 13.5. The van der Waals surface area contributed by atoms with Gasteiger partial charge in [-0.3, -0.25) is 4.79 Å². The Hall–Kier alpha value is -2.87. The molecule has 0 fully saturated rings. The minimum Gasteiger partial charge on any atom is -0.347 e. The second kappa shape index (κ2) is 7.40. The Morgan fingerprint density at radius 3 is 2.59 bits per heavy atom. The van der Waals surface area contributed by atoms with E-state index in [0.717, 1.165) is 45.8 Å². The fourth-order valence-electron chi connectivity index (χ4n) is 3.89. The number of hydrogen-bond donors (Lipinski definition) is 0. The van der Waals surface area contributed by atoms with E-state index >= 15 is 0 Å². The number of nitrogens with zero attached hydrogens (tertiary/aromatic N) is 1. The highest BCUT2D eigenvalue weighted by Crippen LogP contribution is 2.28. The van der Waals surface area contributed by atoms with Crippen LogP contribution in [0.25, 0.3) is 21.7 Å². The lowest BCUT2D eigenvalue weighted by Gasteiger charge is -2.06. The summed E-state index contributed by atoms with van der Waals surface area (Å²) in [5, 5.41) is 3.19. The van der Waals surface area contributed by atoms with Crippen LogP contribution in [0.5, 0.6) is 0 Å². The normalized spacial score (nSPS) is 11.3. The molecular formula is C25H25NO. The molecule has 0 atom stereocenters. The average Bonchev–Trinajstić information content (AvgIpc) is 3.06. The van der Waals surface area contributed by atoms with Crippen molar-refractivity contribution in [2.75, 3.05) is 0 Å². The van der Waals surface area contributed by atoms with Crippen molar-refractivity contribution in [2.45, 2.75) is 39.7 Å². The summed E-state index contributed by atoms with van der Waals surface area (Å²) >= 11 is 0. The van der Waals surface area contributed by atoms with Crippen LogP contribution in [0.15, 0.2) is 66.9 Å². The number of fused-ring (bicyclic) bond motifs is 2. The van der Waals surface area contributed by atoms with Crippen molar-refractivity contribution in [3.05, 3.63) is 83.6 Å². The fraction of sp³-hybridized carbons (Fsp3) is 0.240. The molecule has 136 valence electrons. The zero-order valence-corrected chi connectivity index (χ0v) is 16.0. The van der Waals surface area contributed by atoms with Gasteiger partial charge in [-0.1, -0.05) is 79.9 Å². The topological polar surface area (TPSA) is 22.0 Å². The van der Waals surface area contributed by atoms with Gasteiger partial charge < -0.3 is 4.57 Å². The zero-order valence-electron chi connectivity index (χ0n) is 16.0. The van der Waals surface area contributed by atoms with Gasteiger partial charge in [0.1, 0.15) is 0 Å². The third-order valence-corrected chi connectivity index (χ3v) is 5.32. The minimum absolute atomic E-state index is 0.106. The SMILES string of the molecule is CCCCCn1cc(C(=O)c2cccc3cc(C)ccc23)c2ccccc21. The summed E-state index contributed by atoms with van der Waals surface area (Å²) in [6.45, 7) is 5.25. The minimum atomic E-state index is 0.106. The number of carbonyl (C=O) groups excluding carboxylic acids is 1. The smallest absolute Gasteiger partial charge is 0.195 e. The second-order valence-electron chi connectivity index (χ2n) is 7.32. The van der Waals surface area contributed by atoms with Crippen molar-refractivity contribution in [1.29, 1.82) is 0 Å². The van der Waals surface area contributed by atoms with Crippen LogP contribution in [0.1, 0.15) is 47.7 Å². The highest BCUT2D eigenvalue weighted by Gasteiger charge is 2.18. The molecule has 1 aromatic heterocycles. The van der Waals surface area contributed by atoms with Gasteiger partial charge in [0, 0.05) is 34.8 Å². The van der Waals surface area contributed by atoms with Gasteiger partial charge in [0.25, 0.3) is 0 Å². The van der Waals surface area contributed by atoms with Gasteiger partial charge in [0.15, 0.2) is 5.78 Å². The molecule has 0 aliphatic heterocycles. The third-order valence-electron chi connectivity index (χ3n) is 5.32. The lowest BCUT2D eigenvalue weighted by Crippen LogP contribution is -2.02. The number of para-hydroxylation sites is 1. The number of hydrogen-bond acceptors (Lipinski definition) is 1. The van der Waals surface area contributed by atoms with E-state index in [1.165, 1.54) is 18.4 Å². The van der Waals surface area contributed by atoms with Crippen LogP contribution in [0.2, 0.25) is 0 Å². The molecule has 0 aliphatic carbocycles. The van der Waals surface area contributed by atoms with Crippen molar-refractivity contribution in [3.63, 3.8) is 0 Å². The Labute approximate surface area is 160 Å². The van der Waals surface area contributed by atoms with Gasteiger partial charge in [-0.2, -0.15) is 0 Å². The molecule has 2 heteroatoms. The van der Waals surface area contributed by atoms with E-state index in [4.69, 9.17) is 0 Å². The summed E-state index contributed by atoms with van der Waals surface area (Å²) in [5.74, 6) is 0.106. The monoisotopic (exact) mass is 355 g/mol. The maximum atomic E-state index is 13.5. The van der Waals surface area contributed by atoms with E-state index in [0.29, 0.717) is 0 Å². The molecule has 0 N–H and O–H groups in total. The van der Waals surface area contributed by atoms with Gasteiger partial charge in [-0.25, -0.2) is 0 Å². The summed E-state index contributed by atoms with van der Waals surface area (Å²) in [6, 6.07) is 20.5. The number of carbonyl (C=O) groups is 1. The van der Waals surface area contributed by atoms with Gasteiger partial charge in [-0.15, -0.1) is 0 Å². The first-order chi connectivity index (χ1) is 13.2. The van der Waals surface area contributed by atoms with E-state index in [1.807, 2.05) is 24.3 Å². The van der Waals surface area contributed by atoms with E-state index in [2.05, 4.69) is 61.0 Å². The summed E-state index contributed by atoms with van der Waals surface area (Å²) in [5.41, 5.74) is 3.94. The Morgan fingerprint density at radius 2 is 1.74 bits per heavy atom.